The Morgan fingerprint density at radius 1 is 0.931 bits per heavy atom. The van der Waals surface area contributed by atoms with Gasteiger partial charge >= 0.3 is 0 Å². The molecule has 2 rings (SSSR count). The summed E-state index contributed by atoms with van der Waals surface area (Å²) in [6.07, 6.45) is 2.52. The Hall–Kier alpha value is -2.62. The van der Waals surface area contributed by atoms with E-state index in [0.717, 1.165) is 17.5 Å². The summed E-state index contributed by atoms with van der Waals surface area (Å²) >= 11 is 0. The van der Waals surface area contributed by atoms with Crippen LogP contribution in [0.25, 0.3) is 0 Å². The summed E-state index contributed by atoms with van der Waals surface area (Å²) in [5.74, 6) is -0.0537. The zero-order chi connectivity index (χ0) is 21.2. The molecule has 2 amide bonds. The number of hydrogen-bond donors (Lipinski definition) is 1. The van der Waals surface area contributed by atoms with Crippen molar-refractivity contribution in [2.24, 2.45) is 0 Å². The number of carbonyl (C=O) groups is 2. The Morgan fingerprint density at radius 2 is 1.59 bits per heavy atom. The molecule has 0 aliphatic carbocycles. The highest BCUT2D eigenvalue weighted by Gasteiger charge is 2.28. The monoisotopic (exact) mass is 394 g/mol. The normalized spacial score (nSPS) is 12.8. The minimum atomic E-state index is -0.463. The third-order valence-corrected chi connectivity index (χ3v) is 5.33. The van der Waals surface area contributed by atoms with Crippen molar-refractivity contribution in [2.45, 2.75) is 72.0 Å². The van der Waals surface area contributed by atoms with Gasteiger partial charge in [-0.15, -0.1) is 0 Å². The van der Waals surface area contributed by atoms with Crippen LogP contribution < -0.4 is 5.32 Å². The maximum Gasteiger partial charge on any atom is 0.243 e. The van der Waals surface area contributed by atoms with Gasteiger partial charge in [0.25, 0.3) is 0 Å². The SMILES string of the molecule is CC[C@@H](C)NC(=O)[C@H](CC)N(Cc1ccccc1)C(=O)CCc1ccc(C)cc1. The fourth-order valence-corrected chi connectivity index (χ4v) is 3.29. The number of nitrogens with one attached hydrogen (secondary N) is 1. The van der Waals surface area contributed by atoms with Gasteiger partial charge in [-0.1, -0.05) is 74.0 Å². The summed E-state index contributed by atoms with van der Waals surface area (Å²) in [6, 6.07) is 17.8. The first-order chi connectivity index (χ1) is 13.9. The summed E-state index contributed by atoms with van der Waals surface area (Å²) in [6.45, 7) is 8.50. The van der Waals surface area contributed by atoms with Crippen LogP contribution in [-0.4, -0.2) is 28.8 Å². The van der Waals surface area contributed by atoms with Crippen LogP contribution >= 0.6 is 0 Å². The maximum atomic E-state index is 13.2. The maximum absolute atomic E-state index is 13.2. The largest absolute Gasteiger partial charge is 0.352 e. The van der Waals surface area contributed by atoms with Gasteiger partial charge in [-0.05, 0) is 44.2 Å². The van der Waals surface area contributed by atoms with Gasteiger partial charge in [-0.25, -0.2) is 0 Å². The Labute approximate surface area is 175 Å². The summed E-state index contributed by atoms with van der Waals surface area (Å²) in [4.78, 5) is 27.8. The zero-order valence-electron chi connectivity index (χ0n) is 18.2. The van der Waals surface area contributed by atoms with Crippen LogP contribution in [0.4, 0.5) is 0 Å². The van der Waals surface area contributed by atoms with Crippen LogP contribution in [0.3, 0.4) is 0 Å². The molecule has 0 aliphatic heterocycles. The molecule has 0 spiro atoms. The molecule has 0 saturated carbocycles. The second-order valence-corrected chi connectivity index (χ2v) is 7.73. The molecule has 0 fully saturated rings. The number of aryl methyl sites for hydroxylation is 2. The third kappa shape index (κ3) is 7.04. The van der Waals surface area contributed by atoms with Gasteiger partial charge < -0.3 is 10.2 Å². The van der Waals surface area contributed by atoms with Gasteiger partial charge in [0.2, 0.25) is 11.8 Å². The van der Waals surface area contributed by atoms with Crippen LogP contribution in [-0.2, 0) is 22.6 Å². The standard InChI is InChI=1S/C25H34N2O2/c1-5-20(4)26-25(29)23(6-2)27(18-22-10-8-7-9-11-22)24(28)17-16-21-14-12-19(3)13-15-21/h7-15,20,23H,5-6,16-18H2,1-4H3,(H,26,29)/t20-,23+/m1/s1. The van der Waals surface area contributed by atoms with Crippen molar-refractivity contribution in [1.82, 2.24) is 10.2 Å². The molecule has 0 bridgehead atoms. The number of hydrogen-bond acceptors (Lipinski definition) is 2. The highest BCUT2D eigenvalue weighted by Crippen LogP contribution is 2.15. The van der Waals surface area contributed by atoms with E-state index in [9.17, 15) is 9.59 Å². The molecule has 0 aromatic heterocycles. The molecule has 29 heavy (non-hydrogen) atoms. The summed E-state index contributed by atoms with van der Waals surface area (Å²) in [5.41, 5.74) is 3.38. The lowest BCUT2D eigenvalue weighted by molar-refractivity contribution is -0.141. The molecule has 1 N–H and O–H groups in total. The predicted octanol–water partition coefficient (Wildman–Crippen LogP) is 4.65. The van der Waals surface area contributed by atoms with E-state index >= 15 is 0 Å². The number of benzene rings is 2. The van der Waals surface area contributed by atoms with Crippen molar-refractivity contribution in [1.29, 1.82) is 0 Å². The number of nitrogens with zero attached hydrogens (tertiary/aromatic N) is 1. The Balaban J connectivity index is 2.16. The number of amides is 2. The van der Waals surface area contributed by atoms with E-state index in [1.165, 1.54) is 5.56 Å². The van der Waals surface area contributed by atoms with Gasteiger partial charge in [-0.2, -0.15) is 0 Å². The Morgan fingerprint density at radius 3 is 2.17 bits per heavy atom. The molecule has 0 saturated heterocycles. The number of carbonyl (C=O) groups excluding carboxylic acids is 2. The zero-order valence-corrected chi connectivity index (χ0v) is 18.2. The topological polar surface area (TPSA) is 49.4 Å². The quantitative estimate of drug-likeness (QED) is 0.638. The van der Waals surface area contributed by atoms with Crippen molar-refractivity contribution >= 4 is 11.8 Å². The van der Waals surface area contributed by atoms with Crippen molar-refractivity contribution in [3.8, 4) is 0 Å². The van der Waals surface area contributed by atoms with E-state index in [4.69, 9.17) is 0 Å². The summed E-state index contributed by atoms with van der Waals surface area (Å²) < 4.78 is 0. The average Bonchev–Trinajstić information content (AvgIpc) is 2.73. The van der Waals surface area contributed by atoms with Crippen molar-refractivity contribution in [3.05, 3.63) is 71.3 Å². The van der Waals surface area contributed by atoms with E-state index in [-0.39, 0.29) is 17.9 Å². The van der Waals surface area contributed by atoms with Gasteiger partial charge in [0.05, 0.1) is 0 Å². The smallest absolute Gasteiger partial charge is 0.243 e. The highest BCUT2D eigenvalue weighted by atomic mass is 16.2. The second kappa shape index (κ2) is 11.4. The fraction of sp³-hybridized carbons (Fsp3) is 0.440. The molecule has 0 unspecified atom stereocenters. The molecule has 0 aliphatic rings. The van der Waals surface area contributed by atoms with Crippen LogP contribution in [0.2, 0.25) is 0 Å². The molecule has 156 valence electrons. The molecule has 0 heterocycles. The summed E-state index contributed by atoms with van der Waals surface area (Å²) in [5, 5.41) is 3.05. The minimum absolute atomic E-state index is 0.0144. The highest BCUT2D eigenvalue weighted by molar-refractivity contribution is 5.87. The molecule has 4 nitrogen and oxygen atoms in total. The van der Waals surface area contributed by atoms with Gasteiger partial charge in [0.1, 0.15) is 6.04 Å². The molecule has 2 atom stereocenters. The lowest BCUT2D eigenvalue weighted by Gasteiger charge is -2.31. The van der Waals surface area contributed by atoms with E-state index < -0.39 is 6.04 Å². The van der Waals surface area contributed by atoms with E-state index in [2.05, 4.69) is 36.5 Å². The van der Waals surface area contributed by atoms with Gasteiger partial charge in [0.15, 0.2) is 0 Å². The molecule has 2 aromatic rings. The van der Waals surface area contributed by atoms with Crippen LogP contribution in [0.1, 0.15) is 56.7 Å². The van der Waals surface area contributed by atoms with Crippen molar-refractivity contribution < 1.29 is 9.59 Å². The second-order valence-electron chi connectivity index (χ2n) is 7.73. The lowest BCUT2D eigenvalue weighted by Crippen LogP contribution is -2.50. The molecule has 4 heteroatoms. The van der Waals surface area contributed by atoms with Crippen LogP contribution in [0.15, 0.2) is 54.6 Å². The van der Waals surface area contributed by atoms with Crippen LogP contribution in [0, 0.1) is 6.92 Å². The van der Waals surface area contributed by atoms with Crippen molar-refractivity contribution in [2.75, 3.05) is 0 Å². The van der Waals surface area contributed by atoms with E-state index in [1.54, 1.807) is 4.90 Å². The third-order valence-electron chi connectivity index (χ3n) is 5.33. The van der Waals surface area contributed by atoms with Crippen LogP contribution in [0.5, 0.6) is 0 Å². The van der Waals surface area contributed by atoms with E-state index in [1.807, 2.05) is 51.1 Å². The minimum Gasteiger partial charge on any atom is -0.352 e. The molecule has 0 radical (unpaired) electrons. The summed E-state index contributed by atoms with van der Waals surface area (Å²) in [7, 11) is 0. The van der Waals surface area contributed by atoms with Crippen molar-refractivity contribution in [3.63, 3.8) is 0 Å². The lowest BCUT2D eigenvalue weighted by atomic mass is 10.0. The molecular weight excluding hydrogens is 360 g/mol. The first-order valence-electron chi connectivity index (χ1n) is 10.6. The van der Waals surface area contributed by atoms with E-state index in [0.29, 0.717) is 25.8 Å². The van der Waals surface area contributed by atoms with Gasteiger partial charge in [-0.3, -0.25) is 9.59 Å². The fourth-order valence-electron chi connectivity index (χ4n) is 3.29. The first kappa shape index (κ1) is 22.7. The first-order valence-corrected chi connectivity index (χ1v) is 10.6. The Bertz CT molecular complexity index is 771. The van der Waals surface area contributed by atoms with Gasteiger partial charge in [0, 0.05) is 19.0 Å². The Kier molecular flexibility index (Phi) is 8.91. The molecular formula is C25H34N2O2. The average molecular weight is 395 g/mol. The number of rotatable bonds is 10. The predicted molar refractivity (Wildman–Crippen MR) is 118 cm³/mol. The molecule has 2 aromatic carbocycles.